The molecule has 1 fully saturated rings. The zero-order valence-corrected chi connectivity index (χ0v) is 14.9. The summed E-state index contributed by atoms with van der Waals surface area (Å²) < 4.78 is 1.89. The molecule has 1 aliphatic rings. The molecule has 4 rings (SSSR count). The van der Waals surface area contributed by atoms with Crippen LogP contribution in [0.3, 0.4) is 0 Å². The number of benzene rings is 1. The van der Waals surface area contributed by atoms with Crippen molar-refractivity contribution >= 4 is 17.3 Å². The van der Waals surface area contributed by atoms with Gasteiger partial charge in [-0.05, 0) is 63.3 Å². The lowest BCUT2D eigenvalue weighted by atomic mass is 10.1. The topological polar surface area (TPSA) is 61.9 Å². The highest BCUT2D eigenvalue weighted by molar-refractivity contribution is 5.85. The van der Waals surface area contributed by atoms with Gasteiger partial charge < -0.3 is 9.47 Å². The molecule has 5 nitrogen and oxygen atoms in total. The normalized spacial score (nSPS) is 14.3. The van der Waals surface area contributed by atoms with Gasteiger partial charge in [0.25, 0.3) is 0 Å². The summed E-state index contributed by atoms with van der Waals surface area (Å²) in [5.41, 5.74) is 2.79. The molecule has 26 heavy (non-hydrogen) atoms. The van der Waals surface area contributed by atoms with E-state index < -0.39 is 0 Å². The van der Waals surface area contributed by atoms with Crippen LogP contribution in [0.5, 0.6) is 0 Å². The summed E-state index contributed by atoms with van der Waals surface area (Å²) in [6.07, 6.45) is 8.47. The van der Waals surface area contributed by atoms with Crippen LogP contribution in [0, 0.1) is 11.3 Å². The van der Waals surface area contributed by atoms with Crippen molar-refractivity contribution in [1.82, 2.24) is 14.5 Å². The number of nitrogens with zero attached hydrogens (tertiary/aromatic N) is 4. The molecule has 0 atom stereocenters. The van der Waals surface area contributed by atoms with Crippen LogP contribution in [0.1, 0.15) is 35.2 Å². The van der Waals surface area contributed by atoms with Gasteiger partial charge in [0.2, 0.25) is 0 Å². The molecule has 0 aliphatic carbocycles. The van der Waals surface area contributed by atoms with Crippen molar-refractivity contribution in [1.29, 1.82) is 5.26 Å². The fourth-order valence-corrected chi connectivity index (χ4v) is 3.09. The first-order valence-electron chi connectivity index (χ1n) is 8.82. The Kier molecular flexibility index (Phi) is 5.77. The first-order valence-corrected chi connectivity index (χ1v) is 8.82. The van der Waals surface area contributed by atoms with E-state index in [9.17, 15) is 4.79 Å². The van der Waals surface area contributed by atoms with Crippen molar-refractivity contribution in [2.24, 2.45) is 0 Å². The highest BCUT2D eigenvalue weighted by Gasteiger charge is 2.06. The van der Waals surface area contributed by atoms with E-state index in [1.165, 1.54) is 32.4 Å². The van der Waals surface area contributed by atoms with Gasteiger partial charge in [-0.25, -0.2) is 4.98 Å². The molecule has 1 saturated heterocycles. The van der Waals surface area contributed by atoms with E-state index in [0.717, 1.165) is 23.0 Å². The van der Waals surface area contributed by atoms with Crippen molar-refractivity contribution in [2.45, 2.75) is 19.3 Å². The van der Waals surface area contributed by atoms with Crippen LogP contribution in [0.2, 0.25) is 0 Å². The Morgan fingerprint density at radius 1 is 1.15 bits per heavy atom. The number of aldehydes is 1. The number of pyridine rings is 1. The number of hydrogen-bond acceptors (Lipinski definition) is 4. The van der Waals surface area contributed by atoms with Crippen molar-refractivity contribution in [2.75, 3.05) is 20.1 Å². The zero-order valence-electron chi connectivity index (χ0n) is 14.9. The first-order chi connectivity index (χ1) is 12.7. The van der Waals surface area contributed by atoms with E-state index in [4.69, 9.17) is 5.26 Å². The van der Waals surface area contributed by atoms with Crippen LogP contribution >= 0.6 is 0 Å². The number of fused-ring (bicyclic) bond motifs is 1. The fraction of sp³-hybridized carbons (Fsp3) is 0.286. The quantitative estimate of drug-likeness (QED) is 0.662. The highest BCUT2D eigenvalue weighted by atomic mass is 16.1. The number of likely N-dealkylation sites (tertiary alicyclic amines) is 1. The third kappa shape index (κ3) is 4.16. The molecule has 1 aliphatic heterocycles. The minimum Gasteiger partial charge on any atom is -0.306 e. The monoisotopic (exact) mass is 346 g/mol. The van der Waals surface area contributed by atoms with Gasteiger partial charge in [0.05, 0.1) is 11.6 Å². The lowest BCUT2D eigenvalue weighted by molar-refractivity contribution is 0.112. The fourth-order valence-electron chi connectivity index (χ4n) is 3.09. The second-order valence-corrected chi connectivity index (χ2v) is 6.51. The summed E-state index contributed by atoms with van der Waals surface area (Å²) >= 11 is 0. The first kappa shape index (κ1) is 17.8. The molecule has 3 heterocycles. The minimum absolute atomic E-state index is 0.552. The van der Waals surface area contributed by atoms with Gasteiger partial charge in [0, 0.05) is 29.0 Å². The lowest BCUT2D eigenvalue weighted by Gasteiger charge is -2.20. The third-order valence-corrected chi connectivity index (χ3v) is 4.52. The molecule has 0 radical (unpaired) electrons. The molecule has 2 aromatic heterocycles. The molecule has 0 bridgehead atoms. The zero-order chi connectivity index (χ0) is 18.4. The standard InChI is InChI=1S/C15H9N3O.C6H13N/c16-8-11-2-1-3-14(7-11)18-5-4-13-6-12(10-19)9-17-15(13)18;1-7-5-3-2-4-6-7/h1-7,9-10H;2-6H2,1H3. The molecule has 0 N–H and O–H groups in total. The minimum atomic E-state index is 0.552. The van der Waals surface area contributed by atoms with Crippen LogP contribution in [-0.4, -0.2) is 40.9 Å². The van der Waals surface area contributed by atoms with Gasteiger partial charge in [-0.15, -0.1) is 0 Å². The Bertz CT molecular complexity index is 933. The Morgan fingerprint density at radius 2 is 1.96 bits per heavy atom. The van der Waals surface area contributed by atoms with E-state index in [1.807, 2.05) is 29.0 Å². The summed E-state index contributed by atoms with van der Waals surface area (Å²) in [6, 6.07) is 13.1. The molecule has 1 aromatic carbocycles. The maximum Gasteiger partial charge on any atom is 0.151 e. The number of nitriles is 1. The number of carbonyl (C=O) groups is 1. The van der Waals surface area contributed by atoms with E-state index in [2.05, 4.69) is 23.0 Å². The van der Waals surface area contributed by atoms with E-state index in [0.29, 0.717) is 11.1 Å². The number of aromatic nitrogens is 2. The molecule has 0 amide bonds. The van der Waals surface area contributed by atoms with Gasteiger partial charge in [-0.1, -0.05) is 12.5 Å². The van der Waals surface area contributed by atoms with Gasteiger partial charge in [-0.3, -0.25) is 4.79 Å². The predicted octanol–water partition coefficient (Wildman–Crippen LogP) is 3.81. The Morgan fingerprint density at radius 3 is 2.62 bits per heavy atom. The molecule has 3 aromatic rings. The Labute approximate surface area is 153 Å². The average Bonchev–Trinajstić information content (AvgIpc) is 3.12. The summed E-state index contributed by atoms with van der Waals surface area (Å²) in [7, 11) is 2.19. The maximum atomic E-state index is 10.7. The van der Waals surface area contributed by atoms with Crippen molar-refractivity contribution in [3.05, 3.63) is 59.9 Å². The van der Waals surface area contributed by atoms with Gasteiger partial charge in [0.1, 0.15) is 5.65 Å². The van der Waals surface area contributed by atoms with E-state index in [-0.39, 0.29) is 0 Å². The van der Waals surface area contributed by atoms with Crippen LogP contribution in [0.4, 0.5) is 0 Å². The van der Waals surface area contributed by atoms with E-state index in [1.54, 1.807) is 24.4 Å². The third-order valence-electron chi connectivity index (χ3n) is 4.52. The highest BCUT2D eigenvalue weighted by Crippen LogP contribution is 2.19. The molecule has 0 saturated carbocycles. The molecule has 5 heteroatoms. The predicted molar refractivity (Wildman–Crippen MR) is 103 cm³/mol. The lowest BCUT2D eigenvalue weighted by Crippen LogP contribution is -2.24. The summed E-state index contributed by atoms with van der Waals surface area (Å²) in [4.78, 5) is 17.4. The summed E-state index contributed by atoms with van der Waals surface area (Å²) in [5, 5.41) is 9.82. The van der Waals surface area contributed by atoms with Gasteiger partial charge in [0.15, 0.2) is 6.29 Å². The average molecular weight is 346 g/mol. The summed E-state index contributed by atoms with van der Waals surface area (Å²) in [5.74, 6) is 0. The maximum absolute atomic E-state index is 10.7. The molecule has 0 unspecified atom stereocenters. The number of carbonyl (C=O) groups excluding carboxylic acids is 1. The van der Waals surface area contributed by atoms with Crippen LogP contribution in [-0.2, 0) is 0 Å². The second-order valence-electron chi connectivity index (χ2n) is 6.51. The van der Waals surface area contributed by atoms with Crippen molar-refractivity contribution in [3.63, 3.8) is 0 Å². The number of rotatable bonds is 2. The smallest absolute Gasteiger partial charge is 0.151 e. The van der Waals surface area contributed by atoms with E-state index >= 15 is 0 Å². The molecule has 132 valence electrons. The molecular weight excluding hydrogens is 324 g/mol. The van der Waals surface area contributed by atoms with Gasteiger partial charge in [-0.2, -0.15) is 5.26 Å². The molecule has 0 spiro atoms. The number of piperidine rings is 1. The van der Waals surface area contributed by atoms with Crippen LogP contribution < -0.4 is 0 Å². The van der Waals surface area contributed by atoms with Crippen molar-refractivity contribution in [3.8, 4) is 11.8 Å². The largest absolute Gasteiger partial charge is 0.306 e. The Hall–Kier alpha value is -2.97. The Balaban J connectivity index is 0.000000236. The number of hydrogen-bond donors (Lipinski definition) is 0. The summed E-state index contributed by atoms with van der Waals surface area (Å²) in [6.45, 7) is 2.64. The molecular formula is C21H22N4O. The second kappa shape index (κ2) is 8.41. The van der Waals surface area contributed by atoms with Crippen LogP contribution in [0.15, 0.2) is 48.8 Å². The van der Waals surface area contributed by atoms with Gasteiger partial charge >= 0.3 is 0 Å². The SMILES string of the molecule is CN1CCCCC1.N#Cc1cccc(-n2ccc3cc(C=O)cnc32)c1. The van der Waals surface area contributed by atoms with Crippen molar-refractivity contribution < 1.29 is 4.79 Å². The van der Waals surface area contributed by atoms with Crippen LogP contribution in [0.25, 0.3) is 16.7 Å².